The Morgan fingerprint density at radius 3 is 2.65 bits per heavy atom. The van der Waals surface area contributed by atoms with Crippen LogP contribution in [0, 0.1) is 11.5 Å². The lowest BCUT2D eigenvalue weighted by Gasteiger charge is -2.47. The molecule has 1 amide bonds. The van der Waals surface area contributed by atoms with Crippen LogP contribution in [0.5, 0.6) is 0 Å². The standard InChI is InChI=1S/C19H20N6O/c1-14(26)23-16-10-17(12-22-11-16)24-18(21)25(13-20)19(8-5-9-19)15-6-3-2-4-7-15/h2-4,6-7,10-12H,5,8-9H2,1H3,(H2,21,24)(H,23,26). The van der Waals surface area contributed by atoms with E-state index in [1.54, 1.807) is 6.07 Å². The van der Waals surface area contributed by atoms with Gasteiger partial charge in [-0.05, 0) is 30.9 Å². The highest BCUT2D eigenvalue weighted by Crippen LogP contribution is 2.46. The first-order chi connectivity index (χ1) is 12.5. The van der Waals surface area contributed by atoms with E-state index < -0.39 is 5.54 Å². The number of hydrogen-bond donors (Lipinski definition) is 2. The van der Waals surface area contributed by atoms with Crippen molar-refractivity contribution in [2.75, 3.05) is 5.32 Å². The molecular weight excluding hydrogens is 328 g/mol. The number of nitriles is 1. The molecular formula is C19H20N6O. The number of pyridine rings is 1. The zero-order chi connectivity index (χ0) is 18.6. The van der Waals surface area contributed by atoms with Crippen molar-refractivity contribution in [3.63, 3.8) is 0 Å². The van der Waals surface area contributed by atoms with E-state index in [0.29, 0.717) is 11.4 Å². The molecule has 1 aliphatic rings. The smallest absolute Gasteiger partial charge is 0.221 e. The Bertz CT molecular complexity index is 867. The van der Waals surface area contributed by atoms with Gasteiger partial charge in [-0.2, -0.15) is 5.26 Å². The Morgan fingerprint density at radius 1 is 1.35 bits per heavy atom. The molecule has 3 N–H and O–H groups in total. The molecule has 26 heavy (non-hydrogen) atoms. The van der Waals surface area contributed by atoms with Gasteiger partial charge in [0.15, 0.2) is 6.19 Å². The van der Waals surface area contributed by atoms with Crippen LogP contribution in [0.1, 0.15) is 31.7 Å². The highest BCUT2D eigenvalue weighted by molar-refractivity contribution is 5.89. The number of carbonyl (C=O) groups is 1. The number of anilines is 1. The van der Waals surface area contributed by atoms with Gasteiger partial charge in [-0.25, -0.2) is 9.89 Å². The average molecular weight is 348 g/mol. The number of carbonyl (C=O) groups excluding carboxylic acids is 1. The van der Waals surface area contributed by atoms with Crippen molar-refractivity contribution in [1.82, 2.24) is 9.88 Å². The van der Waals surface area contributed by atoms with E-state index in [0.717, 1.165) is 24.8 Å². The van der Waals surface area contributed by atoms with E-state index in [4.69, 9.17) is 5.73 Å². The predicted octanol–water partition coefficient (Wildman–Crippen LogP) is 2.85. The summed E-state index contributed by atoms with van der Waals surface area (Å²) in [6.45, 7) is 1.42. The summed E-state index contributed by atoms with van der Waals surface area (Å²) in [6.07, 6.45) is 7.96. The second-order valence-corrected chi connectivity index (χ2v) is 6.27. The largest absolute Gasteiger partial charge is 0.369 e. The van der Waals surface area contributed by atoms with Gasteiger partial charge in [0, 0.05) is 6.92 Å². The molecule has 1 saturated carbocycles. The second-order valence-electron chi connectivity index (χ2n) is 6.27. The monoisotopic (exact) mass is 348 g/mol. The summed E-state index contributed by atoms with van der Waals surface area (Å²) in [5.41, 5.74) is 7.78. The van der Waals surface area contributed by atoms with Crippen LogP contribution in [0.4, 0.5) is 11.4 Å². The summed E-state index contributed by atoms with van der Waals surface area (Å²) < 4.78 is 0. The summed E-state index contributed by atoms with van der Waals surface area (Å²) in [5, 5.41) is 12.4. The van der Waals surface area contributed by atoms with Gasteiger partial charge in [0.05, 0.1) is 29.3 Å². The number of aromatic nitrogens is 1. The fourth-order valence-corrected chi connectivity index (χ4v) is 3.21. The maximum atomic E-state index is 11.2. The van der Waals surface area contributed by atoms with Gasteiger partial charge in [-0.1, -0.05) is 30.3 Å². The second kappa shape index (κ2) is 7.23. The Balaban J connectivity index is 1.92. The maximum absolute atomic E-state index is 11.2. The highest BCUT2D eigenvalue weighted by Gasteiger charge is 2.45. The fraction of sp³-hybridized carbons (Fsp3) is 0.263. The van der Waals surface area contributed by atoms with Gasteiger partial charge in [0.1, 0.15) is 0 Å². The van der Waals surface area contributed by atoms with Crippen LogP contribution in [0.2, 0.25) is 0 Å². The topological polar surface area (TPSA) is 107 Å². The van der Waals surface area contributed by atoms with Crippen LogP contribution >= 0.6 is 0 Å². The van der Waals surface area contributed by atoms with E-state index in [1.165, 1.54) is 24.2 Å². The van der Waals surface area contributed by atoms with Crippen molar-refractivity contribution < 1.29 is 4.79 Å². The average Bonchev–Trinajstić information content (AvgIpc) is 2.58. The Labute approximate surface area is 152 Å². The molecule has 0 bridgehead atoms. The Kier molecular flexibility index (Phi) is 4.85. The first-order valence-electron chi connectivity index (χ1n) is 8.37. The third-order valence-electron chi connectivity index (χ3n) is 4.54. The zero-order valence-electron chi connectivity index (χ0n) is 14.5. The number of nitrogens with two attached hydrogens (primary N) is 1. The van der Waals surface area contributed by atoms with Gasteiger partial charge < -0.3 is 11.1 Å². The molecule has 1 fully saturated rings. The van der Waals surface area contributed by atoms with E-state index >= 15 is 0 Å². The van der Waals surface area contributed by atoms with Crippen molar-refractivity contribution in [1.29, 1.82) is 5.26 Å². The van der Waals surface area contributed by atoms with Gasteiger partial charge in [0.2, 0.25) is 11.9 Å². The third-order valence-corrected chi connectivity index (χ3v) is 4.54. The molecule has 0 spiro atoms. The number of nitrogens with one attached hydrogen (secondary N) is 1. The minimum absolute atomic E-state index is 0.109. The zero-order valence-corrected chi connectivity index (χ0v) is 14.5. The quantitative estimate of drug-likeness (QED) is 0.382. The minimum atomic E-state index is -0.452. The molecule has 0 saturated heterocycles. The number of hydrogen-bond acceptors (Lipinski definition) is 4. The van der Waals surface area contributed by atoms with E-state index in [2.05, 4.69) is 21.5 Å². The number of amides is 1. The molecule has 7 heteroatoms. The molecule has 0 aliphatic heterocycles. The van der Waals surface area contributed by atoms with Crippen LogP contribution in [-0.4, -0.2) is 21.8 Å². The van der Waals surface area contributed by atoms with Gasteiger partial charge in [-0.3, -0.25) is 9.78 Å². The minimum Gasteiger partial charge on any atom is -0.369 e. The molecule has 3 rings (SSSR count). The molecule has 0 radical (unpaired) electrons. The van der Waals surface area contributed by atoms with E-state index in [-0.39, 0.29) is 11.9 Å². The normalized spacial score (nSPS) is 15.5. The lowest BCUT2D eigenvalue weighted by molar-refractivity contribution is -0.114. The van der Waals surface area contributed by atoms with Gasteiger partial charge >= 0.3 is 0 Å². The third kappa shape index (κ3) is 3.35. The first-order valence-corrected chi connectivity index (χ1v) is 8.37. The Morgan fingerprint density at radius 2 is 2.08 bits per heavy atom. The summed E-state index contributed by atoms with van der Waals surface area (Å²) in [6, 6.07) is 11.5. The SMILES string of the molecule is CC(=O)Nc1cncc(N=C(N)N(C#N)C2(c3ccccc3)CCC2)c1. The first kappa shape index (κ1) is 17.4. The molecule has 0 unspecified atom stereocenters. The Hall–Kier alpha value is -3.40. The maximum Gasteiger partial charge on any atom is 0.221 e. The van der Waals surface area contributed by atoms with Crippen molar-refractivity contribution in [2.24, 2.45) is 10.7 Å². The highest BCUT2D eigenvalue weighted by atomic mass is 16.1. The molecule has 0 atom stereocenters. The number of aliphatic imine (C=N–C) groups is 1. The van der Waals surface area contributed by atoms with Crippen molar-refractivity contribution in [3.05, 3.63) is 54.4 Å². The summed E-state index contributed by atoms with van der Waals surface area (Å²) in [5.74, 6) is -0.0881. The van der Waals surface area contributed by atoms with E-state index in [1.807, 2.05) is 30.3 Å². The van der Waals surface area contributed by atoms with Gasteiger partial charge in [-0.15, -0.1) is 0 Å². The lowest BCUT2D eigenvalue weighted by atomic mass is 9.71. The fourth-order valence-electron chi connectivity index (χ4n) is 3.21. The van der Waals surface area contributed by atoms with Crippen LogP contribution in [0.3, 0.4) is 0 Å². The van der Waals surface area contributed by atoms with Crippen molar-refractivity contribution in [2.45, 2.75) is 31.7 Å². The number of rotatable bonds is 4. The van der Waals surface area contributed by atoms with Crippen LogP contribution in [0.15, 0.2) is 53.8 Å². The van der Waals surface area contributed by atoms with Crippen molar-refractivity contribution >= 4 is 23.2 Å². The number of guanidine groups is 1. The van der Waals surface area contributed by atoms with Crippen LogP contribution < -0.4 is 11.1 Å². The summed E-state index contributed by atoms with van der Waals surface area (Å²) in [7, 11) is 0. The number of nitrogens with zero attached hydrogens (tertiary/aromatic N) is 4. The van der Waals surface area contributed by atoms with Gasteiger partial charge in [0.25, 0.3) is 0 Å². The predicted molar refractivity (Wildman–Crippen MR) is 99.2 cm³/mol. The molecule has 7 nitrogen and oxygen atoms in total. The molecule has 1 heterocycles. The number of benzene rings is 1. The lowest BCUT2D eigenvalue weighted by Crippen LogP contribution is -2.53. The molecule has 2 aromatic rings. The summed E-state index contributed by atoms with van der Waals surface area (Å²) in [4.78, 5) is 21.1. The summed E-state index contributed by atoms with van der Waals surface area (Å²) >= 11 is 0. The molecule has 1 aromatic heterocycles. The molecule has 1 aromatic carbocycles. The molecule has 1 aliphatic carbocycles. The van der Waals surface area contributed by atoms with Crippen LogP contribution in [-0.2, 0) is 10.3 Å². The van der Waals surface area contributed by atoms with Crippen LogP contribution in [0.25, 0.3) is 0 Å². The van der Waals surface area contributed by atoms with E-state index in [9.17, 15) is 10.1 Å². The van der Waals surface area contributed by atoms with Crippen molar-refractivity contribution in [3.8, 4) is 6.19 Å². The molecule has 132 valence electrons.